The molecule has 1 aromatic heterocycles. The molecule has 2 heterocycles. The second-order valence-electron chi connectivity index (χ2n) is 13.9. The zero-order valence-electron chi connectivity index (χ0n) is 28.6. The van der Waals surface area contributed by atoms with Crippen LogP contribution < -0.4 is 21.6 Å². The number of amides is 5. The summed E-state index contributed by atoms with van der Waals surface area (Å²) in [5, 5.41) is 18.0. The molecule has 4 N–H and O–H groups in total. The fraction of sp³-hybridized carbons (Fsp3) is 0.576. The van der Waals surface area contributed by atoms with Crippen molar-refractivity contribution in [1.82, 2.24) is 34.9 Å². The largest absolute Gasteiger partial charge is 0.465 e. The monoisotopic (exact) mass is 668 g/mol. The number of aromatic nitrogens is 2. The average Bonchev–Trinajstić information content (AvgIpc) is 3.02. The summed E-state index contributed by atoms with van der Waals surface area (Å²) in [6, 6.07) is 9.05. The molecule has 0 atom stereocenters. The molecular weight excluding hydrogens is 620 g/mol. The maximum Gasteiger partial charge on any atom is 0.408 e. The van der Waals surface area contributed by atoms with E-state index in [1.807, 2.05) is 24.3 Å². The first kappa shape index (κ1) is 36.2. The van der Waals surface area contributed by atoms with E-state index in [0.717, 1.165) is 31.2 Å². The lowest BCUT2D eigenvalue weighted by Gasteiger charge is -2.38. The van der Waals surface area contributed by atoms with E-state index in [2.05, 4.69) is 20.9 Å². The standard InChI is InChI=1S/C33H48N8O7/c1-32(2,3)48-30(45)37-33(4,5)27(42)39-17-19-40(20-18-39)28(43)35-26-15-16-41(29(44)36-26)25-11-7-22(8-12-25)21-34-23-9-13-24(14-10-23)38(6)31(46)47/h7-8,11-12,15-16,23-24,34H,9-10,13-14,17-21H2,1-6H3,(H,37,45)(H,46,47)(H,35,36,43,44)/t23-,24-. The Kier molecular flexibility index (Phi) is 11.3. The van der Waals surface area contributed by atoms with Crippen LogP contribution in [0.4, 0.5) is 20.2 Å². The van der Waals surface area contributed by atoms with Crippen molar-refractivity contribution in [1.29, 1.82) is 0 Å². The zero-order valence-corrected chi connectivity index (χ0v) is 28.6. The van der Waals surface area contributed by atoms with Crippen LogP contribution in [0.2, 0.25) is 0 Å². The number of hydrogen-bond acceptors (Lipinski definition) is 8. The van der Waals surface area contributed by atoms with E-state index in [-0.39, 0.29) is 43.9 Å². The molecule has 0 unspecified atom stereocenters. The van der Waals surface area contributed by atoms with Crippen molar-refractivity contribution in [2.24, 2.45) is 0 Å². The predicted molar refractivity (Wildman–Crippen MR) is 179 cm³/mol. The lowest BCUT2D eigenvalue weighted by molar-refractivity contribution is -0.138. The molecule has 0 radical (unpaired) electrons. The van der Waals surface area contributed by atoms with Crippen molar-refractivity contribution in [3.05, 3.63) is 52.6 Å². The van der Waals surface area contributed by atoms with E-state index < -0.39 is 35.0 Å². The summed E-state index contributed by atoms with van der Waals surface area (Å²) >= 11 is 0. The van der Waals surface area contributed by atoms with Crippen molar-refractivity contribution in [2.45, 2.75) is 90.1 Å². The van der Waals surface area contributed by atoms with Crippen LogP contribution in [0.15, 0.2) is 41.3 Å². The molecule has 5 amide bonds. The molecule has 262 valence electrons. The molecule has 1 saturated heterocycles. The molecule has 2 aliphatic rings. The van der Waals surface area contributed by atoms with E-state index in [9.17, 15) is 29.1 Å². The second kappa shape index (κ2) is 15.0. The van der Waals surface area contributed by atoms with E-state index in [1.54, 1.807) is 58.8 Å². The quantitative estimate of drug-likeness (QED) is 0.329. The van der Waals surface area contributed by atoms with Gasteiger partial charge in [0.05, 0.1) is 5.69 Å². The Balaban J connectivity index is 1.24. The number of hydrogen-bond donors (Lipinski definition) is 4. The van der Waals surface area contributed by atoms with Gasteiger partial charge >= 0.3 is 23.9 Å². The van der Waals surface area contributed by atoms with E-state index in [0.29, 0.717) is 18.3 Å². The van der Waals surface area contributed by atoms with Crippen molar-refractivity contribution in [3.8, 4) is 5.69 Å². The Morgan fingerprint density at radius 3 is 2.10 bits per heavy atom. The zero-order chi connectivity index (χ0) is 35.2. The van der Waals surface area contributed by atoms with Crippen molar-refractivity contribution in [2.75, 3.05) is 38.5 Å². The maximum atomic E-state index is 13.1. The third-order valence-electron chi connectivity index (χ3n) is 8.60. The van der Waals surface area contributed by atoms with Crippen LogP contribution in [-0.2, 0) is 16.1 Å². The topological polar surface area (TPSA) is 178 Å². The van der Waals surface area contributed by atoms with Crippen molar-refractivity contribution < 1.29 is 29.0 Å². The minimum atomic E-state index is -1.19. The first-order valence-corrected chi connectivity index (χ1v) is 16.3. The number of benzene rings is 1. The van der Waals surface area contributed by atoms with Gasteiger partial charge in [0, 0.05) is 58.1 Å². The van der Waals surface area contributed by atoms with E-state index in [4.69, 9.17) is 4.74 Å². The van der Waals surface area contributed by atoms with Gasteiger partial charge in [-0.15, -0.1) is 0 Å². The average molecular weight is 669 g/mol. The molecule has 1 aliphatic carbocycles. The molecule has 15 heteroatoms. The first-order chi connectivity index (χ1) is 22.5. The molecule has 1 aromatic carbocycles. The van der Waals surface area contributed by atoms with Gasteiger partial charge in [-0.3, -0.25) is 14.7 Å². The fourth-order valence-corrected chi connectivity index (χ4v) is 5.84. The number of ether oxygens (including phenoxy) is 1. The summed E-state index contributed by atoms with van der Waals surface area (Å²) in [4.78, 5) is 70.9. The first-order valence-electron chi connectivity index (χ1n) is 16.3. The van der Waals surface area contributed by atoms with Gasteiger partial charge in [-0.2, -0.15) is 4.98 Å². The molecule has 4 rings (SSSR count). The smallest absolute Gasteiger partial charge is 0.408 e. The van der Waals surface area contributed by atoms with Crippen LogP contribution in [0.25, 0.3) is 5.69 Å². The van der Waals surface area contributed by atoms with Gasteiger partial charge in [-0.1, -0.05) is 12.1 Å². The Bertz CT molecular complexity index is 1520. The second-order valence-corrected chi connectivity index (χ2v) is 13.9. The molecule has 2 fully saturated rings. The Hall–Kier alpha value is -4.66. The van der Waals surface area contributed by atoms with E-state index in [1.165, 1.54) is 14.4 Å². The number of alkyl carbamates (subject to hydrolysis) is 1. The van der Waals surface area contributed by atoms with Gasteiger partial charge in [-0.05, 0) is 84.1 Å². The maximum absolute atomic E-state index is 13.1. The van der Waals surface area contributed by atoms with Crippen LogP contribution >= 0.6 is 0 Å². The van der Waals surface area contributed by atoms with Crippen LogP contribution in [-0.4, -0.2) is 110 Å². The number of urea groups is 1. The van der Waals surface area contributed by atoms with Crippen molar-refractivity contribution >= 4 is 29.9 Å². The Morgan fingerprint density at radius 2 is 1.54 bits per heavy atom. The van der Waals surface area contributed by atoms with Gasteiger partial charge in [0.1, 0.15) is 17.0 Å². The summed E-state index contributed by atoms with van der Waals surface area (Å²) in [7, 11) is 1.63. The highest BCUT2D eigenvalue weighted by atomic mass is 16.6. The van der Waals surface area contributed by atoms with Gasteiger partial charge < -0.3 is 35.2 Å². The molecular formula is C33H48N8O7. The lowest BCUT2D eigenvalue weighted by Crippen LogP contribution is -2.60. The summed E-state index contributed by atoms with van der Waals surface area (Å²) < 4.78 is 6.67. The molecule has 1 saturated carbocycles. The molecule has 1 aliphatic heterocycles. The number of carbonyl (C=O) groups excluding carboxylic acids is 3. The van der Waals surface area contributed by atoms with Crippen LogP contribution in [0.1, 0.15) is 65.9 Å². The van der Waals surface area contributed by atoms with Gasteiger partial charge in [0.2, 0.25) is 5.91 Å². The number of carbonyl (C=O) groups is 4. The summed E-state index contributed by atoms with van der Waals surface area (Å²) in [6.45, 7) is 10.2. The summed E-state index contributed by atoms with van der Waals surface area (Å²) in [5.74, 6) is -0.166. The number of anilines is 1. The van der Waals surface area contributed by atoms with Crippen LogP contribution in [0, 0.1) is 0 Å². The normalized spacial score (nSPS) is 18.5. The molecule has 0 bridgehead atoms. The molecule has 2 aromatic rings. The highest BCUT2D eigenvalue weighted by molar-refractivity contribution is 5.90. The number of carboxylic acid groups (broad SMARTS) is 1. The van der Waals surface area contributed by atoms with Gasteiger partial charge in [0.15, 0.2) is 0 Å². The van der Waals surface area contributed by atoms with Crippen molar-refractivity contribution in [3.63, 3.8) is 0 Å². The molecule has 15 nitrogen and oxygen atoms in total. The highest BCUT2D eigenvalue weighted by Gasteiger charge is 2.37. The van der Waals surface area contributed by atoms with E-state index >= 15 is 0 Å². The number of nitrogens with zero attached hydrogens (tertiary/aromatic N) is 5. The Labute approximate surface area is 280 Å². The number of rotatable bonds is 8. The SMILES string of the molecule is CN(C(=O)O)[C@H]1CC[C@H](NCc2ccc(-n3ccc(NC(=O)N4CCN(C(=O)C(C)(C)NC(=O)OC(C)(C)C)CC4)nc3=O)cc2)CC1. The molecule has 48 heavy (non-hydrogen) atoms. The molecule has 0 spiro atoms. The minimum Gasteiger partial charge on any atom is -0.465 e. The van der Waals surface area contributed by atoms with Crippen LogP contribution in [0.5, 0.6) is 0 Å². The third-order valence-corrected chi connectivity index (χ3v) is 8.60. The number of nitrogens with one attached hydrogen (secondary N) is 3. The Morgan fingerprint density at radius 1 is 0.938 bits per heavy atom. The summed E-state index contributed by atoms with van der Waals surface area (Å²) in [6.07, 6.45) is 3.47. The fourth-order valence-electron chi connectivity index (χ4n) is 5.84. The third kappa shape index (κ3) is 9.69. The highest BCUT2D eigenvalue weighted by Crippen LogP contribution is 2.23. The summed E-state index contributed by atoms with van der Waals surface area (Å²) in [5.41, 5.74) is -0.745. The lowest BCUT2D eigenvalue weighted by atomic mass is 9.90. The van der Waals surface area contributed by atoms with Crippen LogP contribution in [0.3, 0.4) is 0 Å². The van der Waals surface area contributed by atoms with Gasteiger partial charge in [0.25, 0.3) is 0 Å². The van der Waals surface area contributed by atoms with Gasteiger partial charge in [-0.25, -0.2) is 19.2 Å². The number of piperazine rings is 1. The minimum absolute atomic E-state index is 0.0644. The predicted octanol–water partition coefficient (Wildman–Crippen LogP) is 3.22.